The van der Waals surface area contributed by atoms with Crippen LogP contribution in [0.4, 0.5) is 26.7 Å². The fourth-order valence-corrected chi connectivity index (χ4v) is 5.68. The minimum atomic E-state index is -0.524. The van der Waals surface area contributed by atoms with Crippen LogP contribution in [0.1, 0.15) is 39.2 Å². The van der Waals surface area contributed by atoms with Gasteiger partial charge in [0.25, 0.3) is 5.91 Å². The summed E-state index contributed by atoms with van der Waals surface area (Å²) < 4.78 is 15.9. The van der Waals surface area contributed by atoms with Crippen molar-refractivity contribution in [3.63, 3.8) is 0 Å². The van der Waals surface area contributed by atoms with Crippen LogP contribution in [-0.2, 0) is 16.1 Å². The smallest absolute Gasteiger partial charge is 0.429 e. The van der Waals surface area contributed by atoms with E-state index in [1.54, 1.807) is 66.7 Å². The van der Waals surface area contributed by atoms with E-state index in [4.69, 9.17) is 43.1 Å². The zero-order valence-electron chi connectivity index (χ0n) is 29.0. The molecule has 15 heteroatoms. The molecule has 2 saturated heterocycles. The maximum absolute atomic E-state index is 12.7. The first-order chi connectivity index (χ1) is 23.8. The third kappa shape index (κ3) is 10.4. The van der Waals surface area contributed by atoms with E-state index < -0.39 is 11.6 Å². The predicted octanol–water partition coefficient (Wildman–Crippen LogP) is 6.09. The number of hydrazine groups is 2. The van der Waals surface area contributed by atoms with Gasteiger partial charge in [0, 0.05) is 50.5 Å². The monoisotopic (exact) mass is 729 g/mol. The number of rotatable bonds is 8. The van der Waals surface area contributed by atoms with E-state index in [0.29, 0.717) is 65.6 Å². The van der Waals surface area contributed by atoms with Gasteiger partial charge in [-0.2, -0.15) is 0 Å². The van der Waals surface area contributed by atoms with E-state index >= 15 is 0 Å². The van der Waals surface area contributed by atoms with E-state index in [9.17, 15) is 14.4 Å². The lowest BCUT2D eigenvalue weighted by Crippen LogP contribution is -2.48. The minimum Gasteiger partial charge on any atom is -0.497 e. The van der Waals surface area contributed by atoms with Crippen molar-refractivity contribution in [2.24, 2.45) is 0 Å². The van der Waals surface area contributed by atoms with Gasteiger partial charge in [-0.05, 0) is 75.6 Å². The lowest BCUT2D eigenvalue weighted by molar-refractivity contribution is -0.129. The first kappa shape index (κ1) is 38.1. The first-order valence-corrected chi connectivity index (χ1v) is 16.9. The Kier molecular flexibility index (Phi) is 13.1. The highest BCUT2D eigenvalue weighted by atomic mass is 35.5. The summed E-state index contributed by atoms with van der Waals surface area (Å²) >= 11 is 12.6. The molecule has 270 valence electrons. The Balaban J connectivity index is 0.000000237. The Bertz CT molecular complexity index is 1640. The molecule has 2 heterocycles. The third-order valence-electron chi connectivity index (χ3n) is 7.65. The largest absolute Gasteiger partial charge is 0.497 e. The summed E-state index contributed by atoms with van der Waals surface area (Å²) in [5, 5.41) is 13.3. The molecular formula is C35H45Cl2N7O6. The van der Waals surface area contributed by atoms with Crippen LogP contribution in [0.3, 0.4) is 0 Å². The van der Waals surface area contributed by atoms with Gasteiger partial charge >= 0.3 is 12.1 Å². The molecule has 2 aliphatic rings. The van der Waals surface area contributed by atoms with Crippen molar-refractivity contribution < 1.29 is 28.6 Å². The maximum Gasteiger partial charge on any atom is 0.429 e. The zero-order valence-corrected chi connectivity index (χ0v) is 30.5. The van der Waals surface area contributed by atoms with Crippen LogP contribution in [0.5, 0.6) is 11.5 Å². The summed E-state index contributed by atoms with van der Waals surface area (Å²) in [7, 11) is 3.18. The molecule has 0 bridgehead atoms. The van der Waals surface area contributed by atoms with Gasteiger partial charge in [-0.25, -0.2) is 14.6 Å². The van der Waals surface area contributed by atoms with Crippen LogP contribution in [0.15, 0.2) is 60.7 Å². The number of nitrogen functional groups attached to an aromatic ring is 1. The molecule has 3 aromatic carbocycles. The summed E-state index contributed by atoms with van der Waals surface area (Å²) in [6, 6.07) is 17.5. The SMILES string of the molecule is COc1ccc(Cl)c(N2CCCN2C(=O)CNC(=O)NCc2ccc(N)cc2)c1.COc1ccc(Cl)c(N2CCCN2C(=O)OC(C)(C)C)c1. The second kappa shape index (κ2) is 17.3. The Hall–Kier alpha value is -4.75. The van der Waals surface area contributed by atoms with Crippen LogP contribution in [0, 0.1) is 0 Å². The number of urea groups is 1. The quantitative estimate of drug-likeness (QED) is 0.235. The van der Waals surface area contributed by atoms with E-state index in [-0.39, 0.29) is 18.5 Å². The van der Waals surface area contributed by atoms with Gasteiger partial charge in [-0.1, -0.05) is 35.3 Å². The van der Waals surface area contributed by atoms with Crippen molar-refractivity contribution in [2.75, 3.05) is 62.7 Å². The van der Waals surface area contributed by atoms with Gasteiger partial charge in [-0.15, -0.1) is 0 Å². The second-order valence-corrected chi connectivity index (χ2v) is 13.3. The molecule has 2 fully saturated rings. The molecule has 0 atom stereocenters. The highest BCUT2D eigenvalue weighted by molar-refractivity contribution is 6.33. The van der Waals surface area contributed by atoms with Crippen molar-refractivity contribution in [3.05, 3.63) is 76.3 Å². The van der Waals surface area contributed by atoms with Crippen molar-refractivity contribution in [1.82, 2.24) is 20.7 Å². The molecule has 4 N–H and O–H groups in total. The van der Waals surface area contributed by atoms with Gasteiger partial charge in [0.1, 0.15) is 23.6 Å². The standard InChI is InChI=1S/C20H24ClN5O3.C15H21ClN2O3/c1-29-16-7-8-17(21)18(11-16)25-9-2-10-26(25)19(27)13-24-20(28)23-12-14-3-5-15(22)6-4-14;1-15(2,3)21-14(19)18-9-5-8-17(18)13-10-11(20-4)6-7-12(13)16/h3-8,11H,2,9-10,12-13,22H2,1H3,(H2,23,24,28);6-7,10H,5,8-9H2,1-4H3. The van der Waals surface area contributed by atoms with Crippen LogP contribution in [-0.4, -0.2) is 80.6 Å². The molecule has 50 heavy (non-hydrogen) atoms. The van der Waals surface area contributed by atoms with Gasteiger partial charge in [0.2, 0.25) is 0 Å². The molecule has 13 nitrogen and oxygen atoms in total. The number of hydrogen-bond donors (Lipinski definition) is 3. The number of amides is 4. The number of benzene rings is 3. The molecule has 0 aromatic heterocycles. The fourth-order valence-electron chi connectivity index (χ4n) is 5.25. The number of ether oxygens (including phenoxy) is 3. The second-order valence-electron chi connectivity index (χ2n) is 12.5. The molecule has 0 aliphatic carbocycles. The highest BCUT2D eigenvalue weighted by Gasteiger charge is 2.32. The van der Waals surface area contributed by atoms with Gasteiger partial charge in [0.05, 0.1) is 35.6 Å². The molecule has 5 rings (SSSR count). The number of halogens is 2. The van der Waals surface area contributed by atoms with Crippen LogP contribution in [0.2, 0.25) is 10.0 Å². The van der Waals surface area contributed by atoms with Crippen molar-refractivity contribution >= 4 is 58.3 Å². The maximum atomic E-state index is 12.7. The number of methoxy groups -OCH3 is 2. The lowest BCUT2D eigenvalue weighted by Gasteiger charge is -2.32. The van der Waals surface area contributed by atoms with Crippen molar-refractivity contribution in [3.8, 4) is 11.5 Å². The predicted molar refractivity (Wildman–Crippen MR) is 196 cm³/mol. The van der Waals surface area contributed by atoms with Gasteiger partial charge in [-0.3, -0.25) is 19.8 Å². The molecule has 0 spiro atoms. The highest BCUT2D eigenvalue weighted by Crippen LogP contribution is 2.34. The van der Waals surface area contributed by atoms with Crippen LogP contribution in [0.25, 0.3) is 0 Å². The Labute approximate surface area is 303 Å². The number of nitrogens with one attached hydrogen (secondary N) is 2. The number of nitrogens with zero attached hydrogens (tertiary/aromatic N) is 4. The number of carbonyl (C=O) groups excluding carboxylic acids is 3. The number of nitrogens with two attached hydrogens (primary N) is 1. The average Bonchev–Trinajstić information content (AvgIpc) is 3.78. The Morgan fingerprint density at radius 2 is 1.28 bits per heavy atom. The zero-order chi connectivity index (χ0) is 36.4. The molecule has 3 aromatic rings. The minimum absolute atomic E-state index is 0.119. The van der Waals surface area contributed by atoms with Gasteiger partial charge < -0.3 is 30.6 Å². The van der Waals surface area contributed by atoms with E-state index in [0.717, 1.165) is 24.1 Å². The summed E-state index contributed by atoms with van der Waals surface area (Å²) in [4.78, 5) is 37.0. The average molecular weight is 731 g/mol. The van der Waals surface area contributed by atoms with Crippen LogP contribution >= 0.6 is 23.2 Å². The lowest BCUT2D eigenvalue weighted by atomic mass is 10.2. The molecular weight excluding hydrogens is 685 g/mol. The molecule has 0 radical (unpaired) electrons. The van der Waals surface area contributed by atoms with E-state index in [2.05, 4.69) is 10.6 Å². The van der Waals surface area contributed by atoms with Gasteiger partial charge in [0.15, 0.2) is 0 Å². The number of anilines is 3. The molecule has 2 aliphatic heterocycles. The Morgan fingerprint density at radius 1 is 0.760 bits per heavy atom. The Morgan fingerprint density at radius 3 is 1.80 bits per heavy atom. The normalized spacial score (nSPS) is 14.1. The third-order valence-corrected chi connectivity index (χ3v) is 8.29. The summed E-state index contributed by atoms with van der Waals surface area (Å²) in [5.74, 6) is 1.14. The fraction of sp³-hybridized carbons (Fsp3) is 0.400. The summed E-state index contributed by atoms with van der Waals surface area (Å²) in [6.07, 6.45) is 1.31. The van der Waals surface area contributed by atoms with Crippen molar-refractivity contribution in [1.29, 1.82) is 0 Å². The van der Waals surface area contributed by atoms with E-state index in [1.165, 1.54) is 0 Å². The number of carbonyl (C=O) groups is 3. The van der Waals surface area contributed by atoms with Crippen LogP contribution < -0.4 is 35.9 Å². The van der Waals surface area contributed by atoms with E-state index in [1.807, 2.05) is 49.0 Å². The molecule has 4 amide bonds. The number of hydrogen-bond acceptors (Lipinski definition) is 9. The summed E-state index contributed by atoms with van der Waals surface area (Å²) in [5.41, 5.74) is 8.14. The molecule has 0 saturated carbocycles. The molecule has 0 unspecified atom stereocenters. The topological polar surface area (TPSA) is 142 Å². The van der Waals surface area contributed by atoms with Crippen molar-refractivity contribution in [2.45, 2.75) is 45.8 Å². The first-order valence-electron chi connectivity index (χ1n) is 16.2. The summed E-state index contributed by atoms with van der Waals surface area (Å²) in [6.45, 7) is 8.32.